The van der Waals surface area contributed by atoms with E-state index in [0.29, 0.717) is 23.4 Å². The highest BCUT2D eigenvalue weighted by atomic mass is 35.5. The second kappa shape index (κ2) is 10.9. The molecule has 0 aliphatic carbocycles. The summed E-state index contributed by atoms with van der Waals surface area (Å²) in [4.78, 5) is 11.3. The Hall–Kier alpha value is -1.84. The molecule has 8 nitrogen and oxygen atoms in total. The third kappa shape index (κ3) is 9.90. The highest BCUT2D eigenvalue weighted by molar-refractivity contribution is 7.98. The second-order valence-electron chi connectivity index (χ2n) is 4.38. The van der Waals surface area contributed by atoms with Crippen molar-refractivity contribution in [3.63, 3.8) is 0 Å². The summed E-state index contributed by atoms with van der Waals surface area (Å²) in [7, 11) is 1.67. The summed E-state index contributed by atoms with van der Waals surface area (Å²) in [5, 5.41) is 15.7. The van der Waals surface area contributed by atoms with Gasteiger partial charge in [0.1, 0.15) is 6.54 Å². The average molecular weight is 411 g/mol. The van der Waals surface area contributed by atoms with Crippen molar-refractivity contribution in [2.75, 3.05) is 31.2 Å². The number of anilines is 1. The van der Waals surface area contributed by atoms with Gasteiger partial charge in [-0.3, -0.25) is 0 Å². The van der Waals surface area contributed by atoms with E-state index in [2.05, 4.69) is 30.9 Å². The smallest absolute Gasteiger partial charge is 0.341 e. The fourth-order valence-corrected chi connectivity index (χ4v) is 3.04. The number of aromatic nitrogens is 1. The van der Waals surface area contributed by atoms with Crippen LogP contribution < -0.4 is 21.7 Å². The zero-order valence-corrected chi connectivity index (χ0v) is 15.6. The van der Waals surface area contributed by atoms with Gasteiger partial charge in [0.05, 0.1) is 5.69 Å². The number of halogens is 3. The van der Waals surface area contributed by atoms with Gasteiger partial charge >= 0.3 is 5.38 Å². The number of hydrogen-bond donors (Lipinski definition) is 4. The summed E-state index contributed by atoms with van der Waals surface area (Å²) in [6, 6.07) is 0. The maximum absolute atomic E-state index is 12.5. The predicted molar refractivity (Wildman–Crippen MR) is 99.3 cm³/mol. The van der Waals surface area contributed by atoms with E-state index in [1.54, 1.807) is 25.0 Å². The highest BCUT2D eigenvalue weighted by Gasteiger charge is 2.23. The number of alkyl halides is 3. The molecule has 5 N–H and O–H groups in total. The number of aliphatic imine (C=N–C) groups is 2. The van der Waals surface area contributed by atoms with Crippen molar-refractivity contribution in [2.24, 2.45) is 15.7 Å². The van der Waals surface area contributed by atoms with Crippen LogP contribution in [-0.4, -0.2) is 48.2 Å². The minimum absolute atomic E-state index is 0.172. The number of thiazole rings is 1. The van der Waals surface area contributed by atoms with Crippen molar-refractivity contribution in [1.82, 2.24) is 15.6 Å². The summed E-state index contributed by atoms with van der Waals surface area (Å²) in [6.45, 7) is -0.272. The van der Waals surface area contributed by atoms with Gasteiger partial charge in [0.2, 0.25) is 12.2 Å². The van der Waals surface area contributed by atoms with Gasteiger partial charge in [0.15, 0.2) is 11.1 Å². The summed E-state index contributed by atoms with van der Waals surface area (Å²) in [5.74, 6) is 1.69. The Morgan fingerprint density at radius 1 is 1.60 bits per heavy atom. The van der Waals surface area contributed by atoms with Crippen LogP contribution in [-0.2, 0) is 5.75 Å². The van der Waals surface area contributed by atoms with Gasteiger partial charge in [-0.15, -0.1) is 16.3 Å². The van der Waals surface area contributed by atoms with Crippen molar-refractivity contribution >= 4 is 51.8 Å². The largest absolute Gasteiger partial charge is 0.370 e. The molecule has 0 radical (unpaired) electrons. The molecule has 0 saturated heterocycles. The minimum atomic E-state index is -3.42. The van der Waals surface area contributed by atoms with Crippen LogP contribution in [0, 0.1) is 11.5 Å². The van der Waals surface area contributed by atoms with Gasteiger partial charge in [-0.05, 0) is 11.6 Å². The Morgan fingerprint density at radius 3 is 3.00 bits per heavy atom. The van der Waals surface area contributed by atoms with E-state index >= 15 is 0 Å². The van der Waals surface area contributed by atoms with Crippen LogP contribution in [0.15, 0.2) is 15.4 Å². The van der Waals surface area contributed by atoms with E-state index in [4.69, 9.17) is 22.6 Å². The number of thioether (sulfide) groups is 1. The van der Waals surface area contributed by atoms with Crippen LogP contribution in [0.3, 0.4) is 0 Å². The first-order valence-corrected chi connectivity index (χ1v) is 9.29. The van der Waals surface area contributed by atoms with E-state index in [-0.39, 0.29) is 5.96 Å². The highest BCUT2D eigenvalue weighted by Crippen LogP contribution is 2.20. The first-order valence-electron chi connectivity index (χ1n) is 6.88. The van der Waals surface area contributed by atoms with Crippen molar-refractivity contribution in [3.8, 4) is 6.19 Å². The van der Waals surface area contributed by atoms with Gasteiger partial charge in [0, 0.05) is 30.5 Å². The van der Waals surface area contributed by atoms with Crippen LogP contribution in [0.4, 0.5) is 13.9 Å². The fraction of sp³-hybridized carbons (Fsp3) is 0.500. The van der Waals surface area contributed by atoms with Crippen LogP contribution in [0.2, 0.25) is 0 Å². The predicted octanol–water partition coefficient (Wildman–Crippen LogP) is 1.58. The molecule has 138 valence electrons. The summed E-state index contributed by atoms with van der Waals surface area (Å²) in [5.41, 5.74) is 6.31. The standard InChI is InChI=1S/C12H17ClF2N8S2/c1-18-10(21-7-16)19-2-3-24-4-8-5-25-11(22-8)23-9(17)20-6-12(13,14)15/h5H,2-4,6H2,1H3,(H2,18,19,21)(H3,17,20,22,23). The number of guanidine groups is 2. The molecule has 25 heavy (non-hydrogen) atoms. The van der Waals surface area contributed by atoms with Crippen molar-refractivity contribution in [1.29, 1.82) is 5.26 Å². The zero-order valence-electron chi connectivity index (χ0n) is 13.2. The van der Waals surface area contributed by atoms with Gasteiger partial charge in [-0.25, -0.2) is 9.98 Å². The Kier molecular flexibility index (Phi) is 9.25. The van der Waals surface area contributed by atoms with Gasteiger partial charge in [-0.1, -0.05) is 0 Å². The topological polar surface area (TPSA) is 124 Å². The Morgan fingerprint density at radius 2 is 2.36 bits per heavy atom. The molecule has 0 atom stereocenters. The first kappa shape index (κ1) is 21.2. The maximum Gasteiger partial charge on any atom is 0.341 e. The maximum atomic E-state index is 12.5. The van der Waals surface area contributed by atoms with Crippen molar-refractivity contribution in [2.45, 2.75) is 11.1 Å². The van der Waals surface area contributed by atoms with Crippen molar-refractivity contribution < 1.29 is 8.78 Å². The molecule has 1 heterocycles. The monoisotopic (exact) mass is 410 g/mol. The lowest BCUT2D eigenvalue weighted by Crippen LogP contribution is -2.35. The molecule has 0 bridgehead atoms. The molecule has 0 aliphatic rings. The van der Waals surface area contributed by atoms with Gasteiger partial charge in [-0.2, -0.15) is 25.8 Å². The molecular weight excluding hydrogens is 394 g/mol. The lowest BCUT2D eigenvalue weighted by atomic mass is 10.6. The lowest BCUT2D eigenvalue weighted by Gasteiger charge is -2.06. The number of nitriles is 1. The summed E-state index contributed by atoms with van der Waals surface area (Å²) < 4.78 is 24.9. The molecule has 1 aromatic rings. The lowest BCUT2D eigenvalue weighted by molar-refractivity contribution is 0.107. The molecule has 1 rings (SSSR count). The van der Waals surface area contributed by atoms with Gasteiger partial charge < -0.3 is 21.7 Å². The number of rotatable bonds is 8. The van der Waals surface area contributed by atoms with E-state index in [1.165, 1.54) is 11.3 Å². The molecule has 0 unspecified atom stereocenters. The molecule has 0 aromatic carbocycles. The van der Waals surface area contributed by atoms with E-state index in [9.17, 15) is 8.78 Å². The number of nitrogens with two attached hydrogens (primary N) is 1. The average Bonchev–Trinajstić information content (AvgIpc) is 2.98. The number of nitrogens with one attached hydrogen (secondary N) is 3. The van der Waals surface area contributed by atoms with E-state index in [0.717, 1.165) is 11.4 Å². The minimum Gasteiger partial charge on any atom is -0.370 e. The number of hydrogen-bond acceptors (Lipinski definition) is 6. The summed E-state index contributed by atoms with van der Waals surface area (Å²) in [6.07, 6.45) is 1.69. The molecule has 0 spiro atoms. The quantitative estimate of drug-likeness (QED) is 0.169. The van der Waals surface area contributed by atoms with Crippen LogP contribution in [0.1, 0.15) is 5.69 Å². The third-order valence-corrected chi connectivity index (χ3v) is 4.32. The third-order valence-electron chi connectivity index (χ3n) is 2.40. The van der Waals surface area contributed by atoms with Crippen LogP contribution in [0.5, 0.6) is 0 Å². The Balaban J connectivity index is 2.32. The fourth-order valence-electron chi connectivity index (χ4n) is 1.41. The number of nitrogens with zero attached hydrogens (tertiary/aromatic N) is 4. The molecule has 0 aliphatic heterocycles. The zero-order chi connectivity index (χ0) is 18.7. The van der Waals surface area contributed by atoms with Crippen LogP contribution in [0.25, 0.3) is 0 Å². The molecule has 1 aromatic heterocycles. The molecule has 13 heteroatoms. The second-order valence-corrected chi connectivity index (χ2v) is 6.89. The SMILES string of the molecule is CN/C(=N/C#N)NCCSCc1csc(N/C(N)=N\CC(F)(F)Cl)n1. The molecule has 0 saturated carbocycles. The van der Waals surface area contributed by atoms with Crippen LogP contribution >= 0.6 is 34.7 Å². The summed E-state index contributed by atoms with van der Waals surface area (Å²) >= 11 is 7.67. The Labute approximate surface area is 157 Å². The van der Waals surface area contributed by atoms with Gasteiger partial charge in [0.25, 0.3) is 0 Å². The van der Waals surface area contributed by atoms with E-state index in [1.807, 2.05) is 5.38 Å². The molecular formula is C12H17ClF2N8S2. The first-order chi connectivity index (χ1) is 11.8. The normalized spacial score (nSPS) is 12.6. The molecule has 0 amide bonds. The molecule has 0 fully saturated rings. The van der Waals surface area contributed by atoms with E-state index < -0.39 is 11.9 Å². The Bertz CT molecular complexity index is 638. The van der Waals surface area contributed by atoms with Crippen molar-refractivity contribution in [3.05, 3.63) is 11.1 Å².